The van der Waals surface area contributed by atoms with Crippen LogP contribution in [-0.2, 0) is 10.0 Å². The van der Waals surface area contributed by atoms with Crippen molar-refractivity contribution in [3.8, 4) is 5.75 Å². The normalized spacial score (nSPS) is 13.3. The maximum Gasteiger partial charge on any atom is 0.238 e. The number of ether oxygens (including phenoxy) is 1. The molecule has 0 radical (unpaired) electrons. The molecule has 102 valence electrons. The molecular formula is C11H18N2O3S2. The molecule has 1 atom stereocenters. The average Bonchev–Trinajstić information content (AvgIpc) is 2.33. The standard InChI is InChI=1S/C11H18N2O3S2/c1-9(8-12)17-7-6-16-10-2-4-11(5-3-10)18(13,14)15/h2-5,9H,6-8,12H2,1H3,(H2,13,14,15). The number of hydrogen-bond acceptors (Lipinski definition) is 5. The summed E-state index contributed by atoms with van der Waals surface area (Å²) in [6.07, 6.45) is 0. The lowest BCUT2D eigenvalue weighted by molar-refractivity contribution is 0.343. The van der Waals surface area contributed by atoms with E-state index in [0.29, 0.717) is 24.2 Å². The molecule has 0 aliphatic carbocycles. The molecule has 1 rings (SSSR count). The first-order chi connectivity index (χ1) is 8.43. The van der Waals surface area contributed by atoms with Gasteiger partial charge in [0.05, 0.1) is 11.5 Å². The molecule has 18 heavy (non-hydrogen) atoms. The highest BCUT2D eigenvalue weighted by Gasteiger charge is 2.07. The Morgan fingerprint density at radius 1 is 1.33 bits per heavy atom. The van der Waals surface area contributed by atoms with E-state index in [2.05, 4.69) is 6.92 Å². The molecule has 1 aromatic carbocycles. The van der Waals surface area contributed by atoms with Gasteiger partial charge in [0.1, 0.15) is 5.75 Å². The number of hydrogen-bond donors (Lipinski definition) is 2. The second-order valence-electron chi connectivity index (χ2n) is 3.78. The predicted molar refractivity (Wildman–Crippen MR) is 74.3 cm³/mol. The van der Waals surface area contributed by atoms with Gasteiger partial charge in [-0.05, 0) is 24.3 Å². The lowest BCUT2D eigenvalue weighted by Gasteiger charge is -2.09. The molecule has 0 spiro atoms. The van der Waals surface area contributed by atoms with Crippen molar-refractivity contribution < 1.29 is 13.2 Å². The minimum atomic E-state index is -3.63. The summed E-state index contributed by atoms with van der Waals surface area (Å²) in [5.74, 6) is 1.47. The van der Waals surface area contributed by atoms with Crippen LogP contribution in [0.3, 0.4) is 0 Å². The Kier molecular flexibility index (Phi) is 5.94. The van der Waals surface area contributed by atoms with E-state index in [-0.39, 0.29) is 4.90 Å². The second kappa shape index (κ2) is 6.98. The van der Waals surface area contributed by atoms with Gasteiger partial charge < -0.3 is 10.5 Å². The zero-order chi connectivity index (χ0) is 13.6. The Morgan fingerprint density at radius 2 is 1.94 bits per heavy atom. The van der Waals surface area contributed by atoms with Crippen LogP contribution in [0.1, 0.15) is 6.92 Å². The van der Waals surface area contributed by atoms with Crippen molar-refractivity contribution in [2.75, 3.05) is 18.9 Å². The lowest BCUT2D eigenvalue weighted by atomic mass is 10.3. The number of rotatable bonds is 7. The smallest absolute Gasteiger partial charge is 0.238 e. The van der Waals surface area contributed by atoms with E-state index in [0.717, 1.165) is 5.75 Å². The van der Waals surface area contributed by atoms with Crippen molar-refractivity contribution in [2.24, 2.45) is 10.9 Å². The van der Waals surface area contributed by atoms with Gasteiger partial charge in [-0.3, -0.25) is 0 Å². The fourth-order valence-electron chi connectivity index (χ4n) is 1.20. The van der Waals surface area contributed by atoms with E-state index in [1.807, 2.05) is 0 Å². The largest absolute Gasteiger partial charge is 0.493 e. The summed E-state index contributed by atoms with van der Waals surface area (Å²) >= 11 is 1.74. The van der Waals surface area contributed by atoms with E-state index in [1.165, 1.54) is 12.1 Å². The van der Waals surface area contributed by atoms with Gasteiger partial charge in [0.15, 0.2) is 0 Å². The van der Waals surface area contributed by atoms with Crippen molar-refractivity contribution in [1.29, 1.82) is 0 Å². The van der Waals surface area contributed by atoms with E-state index in [1.54, 1.807) is 23.9 Å². The van der Waals surface area contributed by atoms with Crippen LogP contribution in [0.25, 0.3) is 0 Å². The van der Waals surface area contributed by atoms with Crippen LogP contribution in [0.5, 0.6) is 5.75 Å². The summed E-state index contributed by atoms with van der Waals surface area (Å²) in [5.41, 5.74) is 5.49. The Labute approximate surface area is 112 Å². The van der Waals surface area contributed by atoms with Crippen LogP contribution in [0.2, 0.25) is 0 Å². The van der Waals surface area contributed by atoms with E-state index in [4.69, 9.17) is 15.6 Å². The van der Waals surface area contributed by atoms with Crippen molar-refractivity contribution in [3.05, 3.63) is 24.3 Å². The van der Waals surface area contributed by atoms with Crippen molar-refractivity contribution in [3.63, 3.8) is 0 Å². The summed E-state index contributed by atoms with van der Waals surface area (Å²) in [5, 5.41) is 5.41. The number of primary sulfonamides is 1. The van der Waals surface area contributed by atoms with Gasteiger partial charge in [-0.25, -0.2) is 13.6 Å². The highest BCUT2D eigenvalue weighted by atomic mass is 32.2. The average molecular weight is 290 g/mol. The summed E-state index contributed by atoms with van der Waals surface area (Å²) in [4.78, 5) is 0.0842. The third-order valence-electron chi connectivity index (χ3n) is 2.24. The second-order valence-corrected chi connectivity index (χ2v) is 6.89. The van der Waals surface area contributed by atoms with Crippen LogP contribution in [0.4, 0.5) is 0 Å². The highest BCUT2D eigenvalue weighted by molar-refractivity contribution is 7.99. The summed E-state index contributed by atoms with van der Waals surface area (Å²) in [7, 11) is -3.63. The zero-order valence-electron chi connectivity index (χ0n) is 10.2. The Hall–Kier alpha value is -0.760. The van der Waals surface area contributed by atoms with Crippen LogP contribution in [0.15, 0.2) is 29.2 Å². The monoisotopic (exact) mass is 290 g/mol. The van der Waals surface area contributed by atoms with Gasteiger partial charge >= 0.3 is 0 Å². The van der Waals surface area contributed by atoms with Gasteiger partial charge in [-0.1, -0.05) is 6.92 Å². The van der Waals surface area contributed by atoms with Crippen LogP contribution in [0, 0.1) is 0 Å². The van der Waals surface area contributed by atoms with Crippen LogP contribution < -0.4 is 15.6 Å². The SMILES string of the molecule is CC(CN)SCCOc1ccc(S(N)(=O)=O)cc1. The van der Waals surface area contributed by atoms with Crippen molar-refractivity contribution >= 4 is 21.8 Å². The first kappa shape index (κ1) is 15.3. The fraction of sp³-hybridized carbons (Fsp3) is 0.455. The topological polar surface area (TPSA) is 95.4 Å². The molecule has 0 saturated heterocycles. The molecule has 1 aromatic rings. The number of thioether (sulfide) groups is 1. The highest BCUT2D eigenvalue weighted by Crippen LogP contribution is 2.15. The van der Waals surface area contributed by atoms with Gasteiger partial charge in [-0.15, -0.1) is 0 Å². The fourth-order valence-corrected chi connectivity index (χ4v) is 2.44. The quantitative estimate of drug-likeness (QED) is 0.724. The molecule has 0 aliphatic rings. The molecule has 0 fully saturated rings. The summed E-state index contributed by atoms with van der Waals surface area (Å²) in [6, 6.07) is 6.05. The van der Waals surface area contributed by atoms with Gasteiger partial charge in [-0.2, -0.15) is 11.8 Å². The van der Waals surface area contributed by atoms with Crippen LogP contribution >= 0.6 is 11.8 Å². The first-order valence-electron chi connectivity index (χ1n) is 5.51. The van der Waals surface area contributed by atoms with E-state index < -0.39 is 10.0 Å². The minimum Gasteiger partial charge on any atom is -0.493 e. The molecule has 0 aromatic heterocycles. The molecule has 0 bridgehead atoms. The number of sulfonamides is 1. The third kappa shape index (κ3) is 5.26. The Bertz CT molecular complexity index is 460. The number of benzene rings is 1. The molecular weight excluding hydrogens is 272 g/mol. The predicted octanol–water partition coefficient (Wildman–Crippen LogP) is 0.793. The lowest BCUT2D eigenvalue weighted by Crippen LogP contribution is -2.14. The third-order valence-corrected chi connectivity index (χ3v) is 4.33. The van der Waals surface area contributed by atoms with Crippen LogP contribution in [-0.4, -0.2) is 32.6 Å². The molecule has 5 nitrogen and oxygen atoms in total. The maximum atomic E-state index is 11.0. The minimum absolute atomic E-state index is 0.0842. The van der Waals surface area contributed by atoms with Gasteiger partial charge in [0.2, 0.25) is 10.0 Å². The number of nitrogens with two attached hydrogens (primary N) is 2. The molecule has 0 amide bonds. The first-order valence-corrected chi connectivity index (χ1v) is 8.10. The zero-order valence-corrected chi connectivity index (χ0v) is 11.8. The van der Waals surface area contributed by atoms with Gasteiger partial charge in [0, 0.05) is 17.5 Å². The van der Waals surface area contributed by atoms with E-state index in [9.17, 15) is 8.42 Å². The van der Waals surface area contributed by atoms with E-state index >= 15 is 0 Å². The molecule has 1 unspecified atom stereocenters. The molecule has 4 N–H and O–H groups in total. The summed E-state index contributed by atoms with van der Waals surface area (Å²) < 4.78 is 27.5. The Balaban J connectivity index is 2.40. The summed E-state index contributed by atoms with van der Waals surface area (Å²) in [6.45, 7) is 3.27. The van der Waals surface area contributed by atoms with Crippen molar-refractivity contribution in [1.82, 2.24) is 0 Å². The molecule has 0 saturated carbocycles. The van der Waals surface area contributed by atoms with Crippen molar-refractivity contribution in [2.45, 2.75) is 17.1 Å². The molecule has 7 heteroatoms. The molecule has 0 heterocycles. The van der Waals surface area contributed by atoms with Gasteiger partial charge in [0.25, 0.3) is 0 Å². The molecule has 0 aliphatic heterocycles. The Morgan fingerprint density at radius 3 is 2.44 bits per heavy atom. The maximum absolute atomic E-state index is 11.0.